The van der Waals surface area contributed by atoms with Gasteiger partial charge >= 0.3 is 0 Å². The van der Waals surface area contributed by atoms with Gasteiger partial charge in [-0.3, -0.25) is 0 Å². The Morgan fingerprint density at radius 2 is 0.909 bits per heavy atom. The fourth-order valence-corrected chi connectivity index (χ4v) is 8.23. The second-order valence-electron chi connectivity index (χ2n) is 14.1. The molecule has 258 valence electrons. The molecule has 0 saturated carbocycles. The average Bonchev–Trinajstić information content (AvgIpc) is 3.83. The summed E-state index contributed by atoms with van der Waals surface area (Å²) in [5.74, 6) is 0. The maximum absolute atomic E-state index is 6.78. The van der Waals surface area contributed by atoms with Gasteiger partial charge in [0.1, 0.15) is 22.3 Å². The van der Waals surface area contributed by atoms with Gasteiger partial charge in [0.25, 0.3) is 0 Å². The molecule has 3 nitrogen and oxygen atoms in total. The third-order valence-corrected chi connectivity index (χ3v) is 10.9. The van der Waals surface area contributed by atoms with Crippen LogP contribution in [0.25, 0.3) is 88.0 Å². The first kappa shape index (κ1) is 31.2. The number of furan rings is 2. The van der Waals surface area contributed by atoms with Crippen LogP contribution in [0, 0.1) is 0 Å². The van der Waals surface area contributed by atoms with E-state index in [2.05, 4.69) is 187 Å². The second-order valence-corrected chi connectivity index (χ2v) is 14.1. The van der Waals surface area contributed by atoms with Gasteiger partial charge in [0.2, 0.25) is 0 Å². The smallest absolute Gasteiger partial charge is 0.143 e. The first-order chi connectivity index (χ1) is 27.3. The van der Waals surface area contributed by atoms with Crippen LogP contribution in [0.3, 0.4) is 0 Å². The molecule has 11 rings (SSSR count). The summed E-state index contributed by atoms with van der Waals surface area (Å²) < 4.78 is 13.4. The van der Waals surface area contributed by atoms with Crippen LogP contribution in [0.5, 0.6) is 0 Å². The number of fused-ring (bicyclic) bond motifs is 7. The summed E-state index contributed by atoms with van der Waals surface area (Å²) in [6, 6.07) is 70.8. The van der Waals surface area contributed by atoms with Crippen LogP contribution >= 0.6 is 0 Å². The zero-order valence-corrected chi connectivity index (χ0v) is 29.8. The molecule has 0 spiro atoms. The van der Waals surface area contributed by atoms with E-state index in [0.717, 1.165) is 88.8 Å². The van der Waals surface area contributed by atoms with Crippen LogP contribution in [0.2, 0.25) is 0 Å². The lowest BCUT2D eigenvalue weighted by atomic mass is 9.98. The van der Waals surface area contributed by atoms with Gasteiger partial charge in [0.05, 0.1) is 5.69 Å². The van der Waals surface area contributed by atoms with Crippen molar-refractivity contribution in [2.75, 3.05) is 4.90 Å². The second kappa shape index (κ2) is 12.6. The monoisotopic (exact) mass is 703 g/mol. The van der Waals surface area contributed by atoms with E-state index < -0.39 is 0 Å². The predicted molar refractivity (Wildman–Crippen MR) is 229 cm³/mol. The normalized spacial score (nSPS) is 11.6. The van der Waals surface area contributed by atoms with Crippen molar-refractivity contribution in [2.24, 2.45) is 0 Å². The predicted octanol–water partition coefficient (Wildman–Crippen LogP) is 15.1. The molecule has 0 atom stereocenters. The molecule has 0 bridgehead atoms. The number of para-hydroxylation sites is 4. The molecule has 0 saturated heterocycles. The molecule has 0 N–H and O–H groups in total. The fourth-order valence-electron chi connectivity index (χ4n) is 8.23. The quantitative estimate of drug-likeness (QED) is 0.173. The number of nitrogens with zero attached hydrogens (tertiary/aromatic N) is 1. The van der Waals surface area contributed by atoms with Crippen molar-refractivity contribution in [2.45, 2.75) is 0 Å². The van der Waals surface area contributed by atoms with Crippen LogP contribution in [0.15, 0.2) is 209 Å². The topological polar surface area (TPSA) is 29.5 Å². The zero-order valence-electron chi connectivity index (χ0n) is 29.8. The fraction of sp³-hybridized carbons (Fsp3) is 0. The summed E-state index contributed by atoms with van der Waals surface area (Å²) in [4.78, 5) is 2.34. The van der Waals surface area contributed by atoms with Crippen molar-refractivity contribution < 1.29 is 8.83 Å². The number of anilines is 3. The lowest BCUT2D eigenvalue weighted by molar-refractivity contribution is 0.669. The minimum atomic E-state index is 0.838. The van der Waals surface area contributed by atoms with Crippen molar-refractivity contribution in [1.29, 1.82) is 0 Å². The summed E-state index contributed by atoms with van der Waals surface area (Å²) in [7, 11) is 0. The molecule has 0 aliphatic heterocycles. The molecule has 9 aromatic carbocycles. The van der Waals surface area contributed by atoms with E-state index in [-0.39, 0.29) is 0 Å². The first-order valence-electron chi connectivity index (χ1n) is 18.7. The molecule has 0 amide bonds. The van der Waals surface area contributed by atoms with Crippen molar-refractivity contribution in [3.63, 3.8) is 0 Å². The van der Waals surface area contributed by atoms with Crippen LogP contribution in [0.1, 0.15) is 0 Å². The van der Waals surface area contributed by atoms with Crippen molar-refractivity contribution >= 4 is 71.7 Å². The maximum Gasteiger partial charge on any atom is 0.143 e. The Labute approximate surface area is 317 Å². The molecule has 11 aromatic rings. The number of rotatable bonds is 6. The first-order valence-corrected chi connectivity index (χ1v) is 18.7. The number of hydrogen-bond acceptors (Lipinski definition) is 3. The Morgan fingerprint density at radius 3 is 1.76 bits per heavy atom. The molecule has 2 aromatic heterocycles. The van der Waals surface area contributed by atoms with E-state index in [9.17, 15) is 0 Å². The van der Waals surface area contributed by atoms with Gasteiger partial charge in [-0.2, -0.15) is 0 Å². The van der Waals surface area contributed by atoms with Gasteiger partial charge in [0.15, 0.2) is 0 Å². The molecule has 0 aliphatic carbocycles. The maximum atomic E-state index is 6.78. The molecular weight excluding hydrogens is 671 g/mol. The highest BCUT2D eigenvalue weighted by molar-refractivity contribution is 6.12. The van der Waals surface area contributed by atoms with Gasteiger partial charge in [-0.25, -0.2) is 0 Å². The van der Waals surface area contributed by atoms with Crippen LogP contribution in [-0.2, 0) is 0 Å². The summed E-state index contributed by atoms with van der Waals surface area (Å²) in [6.07, 6.45) is 0. The summed E-state index contributed by atoms with van der Waals surface area (Å²) >= 11 is 0. The van der Waals surface area contributed by atoms with E-state index in [4.69, 9.17) is 8.83 Å². The minimum Gasteiger partial charge on any atom is -0.455 e. The Morgan fingerprint density at radius 1 is 0.309 bits per heavy atom. The highest BCUT2D eigenvalue weighted by Crippen LogP contribution is 2.46. The van der Waals surface area contributed by atoms with E-state index in [1.165, 1.54) is 16.3 Å². The van der Waals surface area contributed by atoms with Crippen LogP contribution in [-0.4, -0.2) is 0 Å². The number of hydrogen-bond donors (Lipinski definition) is 0. The molecule has 55 heavy (non-hydrogen) atoms. The van der Waals surface area contributed by atoms with Crippen molar-refractivity contribution in [1.82, 2.24) is 0 Å². The lowest BCUT2D eigenvalue weighted by Crippen LogP contribution is -2.11. The van der Waals surface area contributed by atoms with Crippen LogP contribution < -0.4 is 4.90 Å². The summed E-state index contributed by atoms with van der Waals surface area (Å²) in [6.45, 7) is 0. The Bertz CT molecular complexity index is 3210. The molecule has 2 heterocycles. The summed E-state index contributed by atoms with van der Waals surface area (Å²) in [5.41, 5.74) is 13.2. The van der Waals surface area contributed by atoms with Gasteiger partial charge in [0, 0.05) is 55.7 Å². The zero-order chi connectivity index (χ0) is 36.3. The molecule has 0 aliphatic rings. The van der Waals surface area contributed by atoms with E-state index >= 15 is 0 Å². The van der Waals surface area contributed by atoms with Gasteiger partial charge in [-0.05, 0) is 69.9 Å². The van der Waals surface area contributed by atoms with E-state index in [0.29, 0.717) is 0 Å². The summed E-state index contributed by atoms with van der Waals surface area (Å²) in [5, 5.41) is 6.88. The van der Waals surface area contributed by atoms with E-state index in [1.807, 2.05) is 18.2 Å². The van der Waals surface area contributed by atoms with Gasteiger partial charge in [-0.1, -0.05) is 152 Å². The number of benzene rings is 9. The standard InChI is InChI=1S/C52H33NO2/c1-2-13-36(14-3-1)41-18-10-20-47-44-31-30-40(33-50(44)55-51(41)47)53(39-28-26-35(27-29-39)38-25-24-34-12-4-5-15-37(34)32-38)48-22-8-6-16-42(48)45-19-11-21-46-43-17-7-9-23-49(43)54-52(45)46/h1-33H. The Balaban J connectivity index is 1.10. The highest BCUT2D eigenvalue weighted by Gasteiger charge is 2.22. The molecule has 3 heteroatoms. The van der Waals surface area contributed by atoms with Crippen molar-refractivity contribution in [3.05, 3.63) is 200 Å². The third-order valence-electron chi connectivity index (χ3n) is 10.9. The Kier molecular flexibility index (Phi) is 7.17. The molecular formula is C52H33NO2. The molecule has 0 fully saturated rings. The van der Waals surface area contributed by atoms with Crippen LogP contribution in [0.4, 0.5) is 17.1 Å². The minimum absolute atomic E-state index is 0.838. The Hall–Kier alpha value is -7.36. The van der Waals surface area contributed by atoms with E-state index in [1.54, 1.807) is 0 Å². The van der Waals surface area contributed by atoms with Gasteiger partial charge in [-0.15, -0.1) is 0 Å². The van der Waals surface area contributed by atoms with Gasteiger partial charge < -0.3 is 13.7 Å². The lowest BCUT2D eigenvalue weighted by Gasteiger charge is -2.28. The average molecular weight is 704 g/mol. The molecule has 0 unspecified atom stereocenters. The molecule has 0 radical (unpaired) electrons. The SMILES string of the molecule is c1ccc(-c2cccc3c2oc2cc(N(c4ccc(-c5ccc6ccccc6c5)cc4)c4ccccc4-c4cccc5c4oc4ccccc45)ccc23)cc1. The highest BCUT2D eigenvalue weighted by atomic mass is 16.3. The largest absolute Gasteiger partial charge is 0.455 e. The van der Waals surface area contributed by atoms with Crippen molar-refractivity contribution in [3.8, 4) is 33.4 Å². The third kappa shape index (κ3) is 5.20.